The van der Waals surface area contributed by atoms with Gasteiger partial charge in [0.05, 0.1) is 0 Å². The molecule has 0 fully saturated rings. The first-order chi connectivity index (χ1) is 5.44. The lowest BCUT2D eigenvalue weighted by molar-refractivity contribution is 1.52. The van der Waals surface area contributed by atoms with Crippen molar-refractivity contribution in [2.75, 3.05) is 0 Å². The van der Waals surface area contributed by atoms with Gasteiger partial charge in [-0.3, -0.25) is 0 Å². The Labute approximate surface area is 100.0 Å². The maximum absolute atomic E-state index is 4.81. The van der Waals surface area contributed by atoms with E-state index in [0.717, 1.165) is 0 Å². The molecule has 0 saturated heterocycles. The Bertz CT molecular complexity index is 110. The van der Waals surface area contributed by atoms with Crippen LogP contribution in [0.4, 0.5) is 0 Å². The second-order valence-corrected chi connectivity index (χ2v) is 19.2. The van der Waals surface area contributed by atoms with Gasteiger partial charge in [0, 0.05) is 16.1 Å². The van der Waals surface area contributed by atoms with E-state index in [9.17, 15) is 0 Å². The predicted octanol–water partition coefficient (Wildman–Crippen LogP) is 5.19. The van der Waals surface area contributed by atoms with Crippen LogP contribution in [0.3, 0.4) is 0 Å². The molecule has 0 heterocycles. The third-order valence-corrected chi connectivity index (χ3v) is 9.55. The zero-order valence-corrected chi connectivity index (χ0v) is 13.7. The van der Waals surface area contributed by atoms with Crippen LogP contribution in [-0.2, 0) is 0 Å². The lowest BCUT2D eigenvalue weighted by atomic mass is 11.7. The first-order valence-corrected chi connectivity index (χ1v) is 13.1. The molecule has 0 saturated carbocycles. The summed E-state index contributed by atoms with van der Waals surface area (Å²) in [6.07, 6.45) is 0. The van der Waals surface area contributed by atoms with Gasteiger partial charge in [0.25, 0.3) is 0 Å². The molecule has 0 aliphatic heterocycles. The summed E-state index contributed by atoms with van der Waals surface area (Å²) in [7, 11) is -1.46. The number of alkyl halides is 3. The van der Waals surface area contributed by atoms with Gasteiger partial charge in [0.2, 0.25) is 0 Å². The molecule has 0 amide bonds. The second-order valence-electron chi connectivity index (χ2n) is 5.55. The third-order valence-electron chi connectivity index (χ3n) is 1.06. The van der Waals surface area contributed by atoms with E-state index in [2.05, 4.69) is 39.3 Å². The van der Waals surface area contributed by atoms with Crippen LogP contribution in [0.2, 0.25) is 44.9 Å². The van der Waals surface area contributed by atoms with Crippen LogP contribution >= 0.6 is 34.8 Å². The number of rotatable bonds is 2. The summed E-state index contributed by atoms with van der Waals surface area (Å²) in [6.45, 7) is 14.8. The van der Waals surface area contributed by atoms with Gasteiger partial charge in [0.1, 0.15) is 0 Å². The zero-order chi connectivity index (χ0) is 11.3. The number of hydrogen-bond acceptors (Lipinski definition) is 0. The molecule has 0 aromatic heterocycles. The van der Waals surface area contributed by atoms with Crippen LogP contribution in [0, 0.1) is 0 Å². The molecule has 0 aliphatic carbocycles. The fraction of sp³-hybridized carbons (Fsp3) is 1.00. The van der Waals surface area contributed by atoms with Crippen molar-refractivity contribution >= 4 is 51.0 Å². The summed E-state index contributed by atoms with van der Waals surface area (Å²) < 4.78 is -0.750. The van der Waals surface area contributed by atoms with Gasteiger partial charge >= 0.3 is 0 Å². The van der Waals surface area contributed by atoms with Crippen LogP contribution in [0.25, 0.3) is 0 Å². The minimum absolute atomic E-state index is 0.731. The monoisotopic (exact) mass is 278 g/mol. The zero-order valence-electron chi connectivity index (χ0n) is 9.42. The Kier molecular flexibility index (Phi) is 8.65. The molecule has 0 aliphatic rings. The van der Waals surface area contributed by atoms with Crippen LogP contribution < -0.4 is 0 Å². The van der Waals surface area contributed by atoms with Gasteiger partial charge in [-0.25, -0.2) is 0 Å². The summed E-state index contributed by atoms with van der Waals surface area (Å²) in [5.74, 6) is 0. The minimum atomic E-state index is -0.750. The van der Waals surface area contributed by atoms with Crippen molar-refractivity contribution in [1.82, 2.24) is 0 Å². The van der Waals surface area contributed by atoms with Gasteiger partial charge in [-0.15, -0.1) is 0 Å². The Balaban J connectivity index is 0. The topological polar surface area (TPSA) is 0 Å². The lowest BCUT2D eigenvalue weighted by Crippen LogP contribution is -2.34. The first kappa shape index (κ1) is 16.7. The average Bonchev–Trinajstić information content (AvgIpc) is 1.47. The molecular weight excluding hydrogens is 259 g/mol. The van der Waals surface area contributed by atoms with E-state index in [4.69, 9.17) is 34.8 Å². The summed E-state index contributed by atoms with van der Waals surface area (Å²) in [4.78, 5) is 0. The van der Waals surface area contributed by atoms with Crippen molar-refractivity contribution in [2.45, 2.75) is 49.2 Å². The molecule has 0 atom stereocenters. The second kappa shape index (κ2) is 6.73. The van der Waals surface area contributed by atoms with Crippen molar-refractivity contribution in [2.24, 2.45) is 0 Å². The van der Waals surface area contributed by atoms with Gasteiger partial charge in [0.15, 0.2) is 4.30 Å². The maximum Gasteiger partial charge on any atom is 0.180 e. The fourth-order valence-electron chi connectivity index (χ4n) is 1.59. The average molecular weight is 280 g/mol. The van der Waals surface area contributed by atoms with E-state index in [-0.39, 0.29) is 0 Å². The van der Waals surface area contributed by atoms with Crippen LogP contribution in [0.1, 0.15) is 0 Å². The summed E-state index contributed by atoms with van der Waals surface area (Å²) >= 11 is 14.4. The van der Waals surface area contributed by atoms with Crippen molar-refractivity contribution < 1.29 is 0 Å². The molecule has 5 heteroatoms. The van der Waals surface area contributed by atoms with E-state index in [0.29, 0.717) is 0 Å². The molecular formula is C8H21Cl3Si2. The normalized spacial score (nSPS) is 12.5. The molecule has 0 radical (unpaired) electrons. The van der Waals surface area contributed by atoms with Crippen LogP contribution in [0.5, 0.6) is 0 Å². The Hall–Kier alpha value is 1.30. The van der Waals surface area contributed by atoms with E-state index >= 15 is 0 Å². The van der Waals surface area contributed by atoms with Crippen molar-refractivity contribution in [3.8, 4) is 0 Å². The highest BCUT2D eigenvalue weighted by Crippen LogP contribution is 2.18. The van der Waals surface area contributed by atoms with Crippen LogP contribution in [0.15, 0.2) is 0 Å². The largest absolute Gasteiger partial charge is 0.180 e. The molecule has 0 nitrogen and oxygen atoms in total. The molecule has 0 spiro atoms. The standard InChI is InChI=1S/C7H20Si2.CHCl3/c1-8(2,3)7-9(4,5)6;2-1(3)4/h7H2,1-6H3;1H. The smallest absolute Gasteiger partial charge is 0.0874 e. The molecule has 0 rings (SSSR count). The van der Waals surface area contributed by atoms with E-state index < -0.39 is 20.4 Å². The van der Waals surface area contributed by atoms with Gasteiger partial charge < -0.3 is 0 Å². The molecule has 82 valence electrons. The number of halogens is 3. The maximum atomic E-state index is 4.81. The highest BCUT2D eigenvalue weighted by atomic mass is 35.6. The van der Waals surface area contributed by atoms with E-state index in [1.165, 1.54) is 0 Å². The van der Waals surface area contributed by atoms with Gasteiger partial charge in [-0.2, -0.15) is 0 Å². The summed E-state index contributed by atoms with van der Waals surface area (Å²) in [5, 5.41) is 0. The molecule has 0 bridgehead atoms. The molecule has 0 aromatic carbocycles. The third kappa shape index (κ3) is 31.9. The molecule has 13 heavy (non-hydrogen) atoms. The fourth-order valence-corrected chi connectivity index (χ4v) is 14.3. The quantitative estimate of drug-likeness (QED) is 0.482. The number of hydrogen-bond donors (Lipinski definition) is 0. The first-order valence-electron chi connectivity index (χ1n) is 4.36. The van der Waals surface area contributed by atoms with Gasteiger partial charge in [-0.1, -0.05) is 79.8 Å². The SMILES string of the molecule is C[Si](C)(C)C[Si](C)(C)C.ClC(Cl)Cl. The highest BCUT2D eigenvalue weighted by Gasteiger charge is 2.23. The van der Waals surface area contributed by atoms with Crippen LogP contribution in [-0.4, -0.2) is 20.4 Å². The molecule has 0 N–H and O–H groups in total. The van der Waals surface area contributed by atoms with Crippen molar-refractivity contribution in [3.63, 3.8) is 0 Å². The predicted molar refractivity (Wildman–Crippen MR) is 72.8 cm³/mol. The Morgan fingerprint density at radius 1 is 0.769 bits per heavy atom. The summed E-state index contributed by atoms with van der Waals surface area (Å²) in [6, 6.07) is 0. The Morgan fingerprint density at radius 2 is 0.923 bits per heavy atom. The Morgan fingerprint density at radius 3 is 0.923 bits per heavy atom. The molecule has 0 unspecified atom stereocenters. The lowest BCUT2D eigenvalue weighted by Gasteiger charge is -2.25. The van der Waals surface area contributed by atoms with Crippen molar-refractivity contribution in [1.29, 1.82) is 0 Å². The minimum Gasteiger partial charge on any atom is -0.0874 e. The molecule has 0 aromatic rings. The van der Waals surface area contributed by atoms with Crippen molar-refractivity contribution in [3.05, 3.63) is 0 Å². The summed E-state index contributed by atoms with van der Waals surface area (Å²) in [5.41, 5.74) is 1.57. The van der Waals surface area contributed by atoms with Gasteiger partial charge in [-0.05, 0) is 0 Å². The van der Waals surface area contributed by atoms with E-state index in [1.54, 1.807) is 5.67 Å². The van der Waals surface area contributed by atoms with E-state index in [1.807, 2.05) is 0 Å². The highest BCUT2D eigenvalue weighted by molar-refractivity contribution is 6.94.